The first kappa shape index (κ1) is 20.3. The SMILES string of the molecule is N#Cc1ccc(CN2C(=O)C(Cc3ccc(C(=O)O)cc3)Cc3c(F)cccc32)cc1. The van der Waals surface area contributed by atoms with Crippen molar-refractivity contribution in [3.05, 3.63) is 100 Å². The van der Waals surface area contributed by atoms with Gasteiger partial charge in [0.2, 0.25) is 5.91 Å². The standard InChI is InChI=1S/C25H19FN2O3/c26-22-2-1-3-23-21(22)13-20(12-16-8-10-19(11-9-16)25(30)31)24(29)28(23)15-18-6-4-17(14-27)5-7-18/h1-11,20H,12-13,15H2,(H,30,31). The van der Waals surface area contributed by atoms with Gasteiger partial charge in [-0.25, -0.2) is 9.18 Å². The van der Waals surface area contributed by atoms with Gasteiger partial charge in [-0.05, 0) is 60.4 Å². The lowest BCUT2D eigenvalue weighted by molar-refractivity contribution is -0.123. The molecule has 0 spiro atoms. The summed E-state index contributed by atoms with van der Waals surface area (Å²) in [6.45, 7) is 0.273. The van der Waals surface area contributed by atoms with Gasteiger partial charge in [0.15, 0.2) is 0 Å². The fourth-order valence-corrected chi connectivity index (χ4v) is 3.93. The summed E-state index contributed by atoms with van der Waals surface area (Å²) in [7, 11) is 0. The molecule has 1 aliphatic rings. The van der Waals surface area contributed by atoms with E-state index in [1.54, 1.807) is 53.4 Å². The van der Waals surface area contributed by atoms with Gasteiger partial charge in [0.25, 0.3) is 0 Å². The van der Waals surface area contributed by atoms with Crippen LogP contribution in [0.25, 0.3) is 0 Å². The molecule has 6 heteroatoms. The second-order valence-electron chi connectivity index (χ2n) is 7.58. The molecule has 1 amide bonds. The Kier molecular flexibility index (Phi) is 5.50. The van der Waals surface area contributed by atoms with E-state index in [-0.39, 0.29) is 30.3 Å². The fourth-order valence-electron chi connectivity index (χ4n) is 3.93. The van der Waals surface area contributed by atoms with E-state index in [9.17, 15) is 14.0 Å². The van der Waals surface area contributed by atoms with E-state index in [1.807, 2.05) is 0 Å². The Morgan fingerprint density at radius 1 is 1.06 bits per heavy atom. The number of hydrogen-bond acceptors (Lipinski definition) is 3. The van der Waals surface area contributed by atoms with Crippen LogP contribution < -0.4 is 4.90 Å². The highest BCUT2D eigenvalue weighted by Gasteiger charge is 2.34. The minimum atomic E-state index is -1.01. The van der Waals surface area contributed by atoms with Gasteiger partial charge in [-0.2, -0.15) is 5.26 Å². The summed E-state index contributed by atoms with van der Waals surface area (Å²) in [5.74, 6) is -1.92. The quantitative estimate of drug-likeness (QED) is 0.673. The number of carbonyl (C=O) groups is 2. The third kappa shape index (κ3) is 4.17. The van der Waals surface area contributed by atoms with Crippen molar-refractivity contribution >= 4 is 17.6 Å². The average molecular weight is 414 g/mol. The number of anilines is 1. The number of carbonyl (C=O) groups excluding carboxylic acids is 1. The Balaban J connectivity index is 1.64. The molecule has 1 aliphatic heterocycles. The van der Waals surface area contributed by atoms with Crippen LogP contribution in [0, 0.1) is 23.1 Å². The lowest BCUT2D eigenvalue weighted by Gasteiger charge is -2.34. The predicted molar refractivity (Wildman–Crippen MR) is 113 cm³/mol. The number of halogens is 1. The summed E-state index contributed by atoms with van der Waals surface area (Å²) < 4.78 is 14.6. The first-order chi connectivity index (χ1) is 15.0. The van der Waals surface area contributed by atoms with Crippen LogP contribution in [-0.4, -0.2) is 17.0 Å². The van der Waals surface area contributed by atoms with Gasteiger partial charge >= 0.3 is 5.97 Å². The molecule has 3 aromatic carbocycles. The Morgan fingerprint density at radius 2 is 1.74 bits per heavy atom. The van der Waals surface area contributed by atoms with Crippen molar-refractivity contribution in [3.8, 4) is 6.07 Å². The average Bonchev–Trinajstić information content (AvgIpc) is 2.78. The van der Waals surface area contributed by atoms with Crippen LogP contribution in [0.15, 0.2) is 66.7 Å². The molecule has 1 atom stereocenters. The fraction of sp³-hybridized carbons (Fsp3) is 0.160. The molecule has 5 nitrogen and oxygen atoms in total. The number of nitriles is 1. The van der Waals surface area contributed by atoms with Crippen LogP contribution >= 0.6 is 0 Å². The molecular formula is C25H19FN2O3. The van der Waals surface area contributed by atoms with Crippen LogP contribution in [0.2, 0.25) is 0 Å². The first-order valence-corrected chi connectivity index (χ1v) is 9.86. The minimum Gasteiger partial charge on any atom is -0.478 e. The Morgan fingerprint density at radius 3 is 2.39 bits per heavy atom. The Labute approximate surface area is 179 Å². The predicted octanol–water partition coefficient (Wildman–Crippen LogP) is 4.34. The number of rotatable bonds is 5. The third-order valence-electron chi connectivity index (χ3n) is 5.56. The molecule has 0 aliphatic carbocycles. The van der Waals surface area contributed by atoms with Crippen molar-refractivity contribution in [2.24, 2.45) is 5.92 Å². The normalized spacial score (nSPS) is 15.3. The van der Waals surface area contributed by atoms with E-state index >= 15 is 0 Å². The molecule has 4 rings (SSSR count). The zero-order valence-electron chi connectivity index (χ0n) is 16.6. The molecule has 0 aromatic heterocycles. The molecule has 154 valence electrons. The van der Waals surface area contributed by atoms with E-state index in [0.717, 1.165) is 11.1 Å². The Hall–Kier alpha value is -3.98. The van der Waals surface area contributed by atoms with Crippen LogP contribution in [0.3, 0.4) is 0 Å². The second-order valence-corrected chi connectivity index (χ2v) is 7.58. The number of amides is 1. The molecule has 1 unspecified atom stereocenters. The van der Waals surface area contributed by atoms with Crippen LogP contribution in [0.4, 0.5) is 10.1 Å². The molecule has 0 radical (unpaired) electrons. The minimum absolute atomic E-state index is 0.107. The Bertz CT molecular complexity index is 1180. The monoisotopic (exact) mass is 414 g/mol. The number of carboxylic acid groups (broad SMARTS) is 1. The number of carboxylic acids is 1. The van der Waals surface area contributed by atoms with Crippen LogP contribution in [0.1, 0.15) is 32.6 Å². The van der Waals surface area contributed by atoms with Gasteiger partial charge in [0, 0.05) is 11.5 Å². The number of hydrogen-bond donors (Lipinski definition) is 1. The highest BCUT2D eigenvalue weighted by molar-refractivity contribution is 5.98. The molecule has 1 N–H and O–H groups in total. The van der Waals surface area contributed by atoms with E-state index in [2.05, 4.69) is 6.07 Å². The smallest absolute Gasteiger partial charge is 0.335 e. The maximum absolute atomic E-state index is 14.6. The van der Waals surface area contributed by atoms with Crippen molar-refractivity contribution in [2.75, 3.05) is 4.90 Å². The molecule has 0 saturated heterocycles. The van der Waals surface area contributed by atoms with Gasteiger partial charge in [-0.3, -0.25) is 4.79 Å². The maximum Gasteiger partial charge on any atom is 0.335 e. The number of fused-ring (bicyclic) bond motifs is 1. The summed E-state index contributed by atoms with van der Waals surface area (Å²) in [6.07, 6.45) is 0.668. The summed E-state index contributed by atoms with van der Waals surface area (Å²) >= 11 is 0. The van der Waals surface area contributed by atoms with Crippen molar-refractivity contribution in [3.63, 3.8) is 0 Å². The molecular weight excluding hydrogens is 395 g/mol. The molecule has 3 aromatic rings. The number of nitrogens with zero attached hydrogens (tertiary/aromatic N) is 2. The second kappa shape index (κ2) is 8.41. The van der Waals surface area contributed by atoms with E-state index in [4.69, 9.17) is 10.4 Å². The van der Waals surface area contributed by atoms with Gasteiger partial charge in [0.1, 0.15) is 5.82 Å². The summed E-state index contributed by atoms with van der Waals surface area (Å²) in [4.78, 5) is 26.0. The highest BCUT2D eigenvalue weighted by Crippen LogP contribution is 2.35. The van der Waals surface area contributed by atoms with E-state index < -0.39 is 11.9 Å². The molecule has 0 saturated carbocycles. The molecule has 0 bridgehead atoms. The summed E-state index contributed by atoms with van der Waals surface area (Å²) in [5.41, 5.74) is 3.44. The van der Waals surface area contributed by atoms with Crippen molar-refractivity contribution in [1.82, 2.24) is 0 Å². The summed E-state index contributed by atoms with van der Waals surface area (Å²) in [6, 6.07) is 20.2. The number of benzene rings is 3. The lowest BCUT2D eigenvalue weighted by Crippen LogP contribution is -2.42. The first-order valence-electron chi connectivity index (χ1n) is 9.86. The van der Waals surface area contributed by atoms with Crippen LogP contribution in [-0.2, 0) is 24.2 Å². The van der Waals surface area contributed by atoms with Gasteiger partial charge < -0.3 is 10.0 Å². The van der Waals surface area contributed by atoms with Gasteiger partial charge in [-0.15, -0.1) is 0 Å². The van der Waals surface area contributed by atoms with Crippen molar-refractivity contribution in [1.29, 1.82) is 5.26 Å². The zero-order valence-corrected chi connectivity index (χ0v) is 16.6. The van der Waals surface area contributed by atoms with E-state index in [0.29, 0.717) is 23.2 Å². The number of aromatic carboxylic acids is 1. The van der Waals surface area contributed by atoms with Crippen LogP contribution in [0.5, 0.6) is 0 Å². The van der Waals surface area contributed by atoms with Gasteiger partial charge in [0.05, 0.1) is 29.4 Å². The maximum atomic E-state index is 14.6. The highest BCUT2D eigenvalue weighted by atomic mass is 19.1. The largest absolute Gasteiger partial charge is 0.478 e. The summed E-state index contributed by atoms with van der Waals surface area (Å²) in [5, 5.41) is 18.1. The third-order valence-corrected chi connectivity index (χ3v) is 5.56. The van der Waals surface area contributed by atoms with Crippen molar-refractivity contribution < 1.29 is 19.1 Å². The molecule has 1 heterocycles. The van der Waals surface area contributed by atoms with E-state index in [1.165, 1.54) is 18.2 Å². The zero-order chi connectivity index (χ0) is 22.0. The van der Waals surface area contributed by atoms with Gasteiger partial charge in [-0.1, -0.05) is 30.3 Å². The molecule has 31 heavy (non-hydrogen) atoms. The lowest BCUT2D eigenvalue weighted by atomic mass is 9.86. The molecule has 0 fully saturated rings. The van der Waals surface area contributed by atoms with Crippen molar-refractivity contribution in [2.45, 2.75) is 19.4 Å². The topological polar surface area (TPSA) is 81.4 Å².